The molecule has 0 saturated heterocycles. The summed E-state index contributed by atoms with van der Waals surface area (Å²) in [6.45, 7) is 1.74. The predicted molar refractivity (Wildman–Crippen MR) is 164 cm³/mol. The van der Waals surface area contributed by atoms with Gasteiger partial charge in [-0.25, -0.2) is 26.3 Å². The van der Waals surface area contributed by atoms with Crippen molar-refractivity contribution in [3.63, 3.8) is 0 Å². The summed E-state index contributed by atoms with van der Waals surface area (Å²) in [6.07, 6.45) is -9.41. The number of hydrogen-bond acceptors (Lipinski definition) is 3. The molecule has 0 bridgehead atoms. The van der Waals surface area contributed by atoms with Crippen LogP contribution in [0.15, 0.2) is 60.7 Å². The SMILES string of the molecule is CCC(CCOc1ccc(-c2cc(F)c(C#CC(F)(F)F)c(F)c2)c(F)c1)CC(=O)Oc1ccc(-c2cc(F)c(C#CC(F)(F)F)c(F)c2)c(F)c1. The lowest BCUT2D eigenvalue weighted by Crippen LogP contribution is -2.16. The van der Waals surface area contributed by atoms with Crippen molar-refractivity contribution in [3.05, 3.63) is 107 Å². The lowest BCUT2D eigenvalue weighted by atomic mass is 9.99. The fourth-order valence-electron chi connectivity index (χ4n) is 4.78. The number of esters is 1. The number of alkyl halides is 6. The van der Waals surface area contributed by atoms with Gasteiger partial charge in [0.25, 0.3) is 0 Å². The van der Waals surface area contributed by atoms with E-state index in [0.29, 0.717) is 30.7 Å². The van der Waals surface area contributed by atoms with Gasteiger partial charge < -0.3 is 9.47 Å². The number of ether oxygens (including phenoxy) is 2. The number of hydrogen-bond donors (Lipinski definition) is 0. The minimum absolute atomic E-state index is 0.0164. The van der Waals surface area contributed by atoms with E-state index in [-0.39, 0.29) is 59.1 Å². The van der Waals surface area contributed by atoms with Crippen molar-refractivity contribution in [3.8, 4) is 57.4 Å². The van der Waals surface area contributed by atoms with Crippen molar-refractivity contribution in [1.82, 2.24) is 0 Å². The number of rotatable bonds is 10. The van der Waals surface area contributed by atoms with Crippen molar-refractivity contribution in [2.45, 2.75) is 38.5 Å². The van der Waals surface area contributed by atoms with E-state index < -0.39 is 64.4 Å². The van der Waals surface area contributed by atoms with Crippen LogP contribution in [0.1, 0.15) is 37.3 Å². The molecule has 0 aliphatic rings. The minimum Gasteiger partial charge on any atom is -0.493 e. The Morgan fingerprint density at radius 3 is 1.46 bits per heavy atom. The topological polar surface area (TPSA) is 35.5 Å². The highest BCUT2D eigenvalue weighted by Crippen LogP contribution is 2.31. The normalized spacial score (nSPS) is 11.9. The maximum atomic E-state index is 14.8. The van der Waals surface area contributed by atoms with Crippen LogP contribution in [0.3, 0.4) is 0 Å². The molecular weight excluding hydrogens is 720 g/mol. The van der Waals surface area contributed by atoms with E-state index >= 15 is 0 Å². The molecule has 4 aromatic rings. The molecule has 0 aliphatic carbocycles. The largest absolute Gasteiger partial charge is 0.493 e. The summed E-state index contributed by atoms with van der Waals surface area (Å²) in [7, 11) is 0. The van der Waals surface area contributed by atoms with E-state index in [1.54, 1.807) is 6.92 Å². The van der Waals surface area contributed by atoms with Gasteiger partial charge in [-0.05, 0) is 72.0 Å². The van der Waals surface area contributed by atoms with Crippen LogP contribution in [0.4, 0.5) is 52.7 Å². The van der Waals surface area contributed by atoms with E-state index in [2.05, 4.69) is 0 Å². The van der Waals surface area contributed by atoms with Gasteiger partial charge in [0.1, 0.15) is 46.4 Å². The Morgan fingerprint density at radius 2 is 1.06 bits per heavy atom. The molecule has 0 spiro atoms. The third-order valence-corrected chi connectivity index (χ3v) is 7.31. The first-order chi connectivity index (χ1) is 24.3. The first kappa shape index (κ1) is 39.2. The van der Waals surface area contributed by atoms with E-state index in [4.69, 9.17) is 9.47 Å². The van der Waals surface area contributed by atoms with Crippen molar-refractivity contribution < 1.29 is 67.0 Å². The molecule has 3 nitrogen and oxygen atoms in total. The van der Waals surface area contributed by atoms with Crippen LogP contribution in [-0.4, -0.2) is 24.9 Å². The standard InChI is InChI=1S/C37H22F12O3/c1-2-20(9-12-51-23-3-5-25(33(42)18-23)21-14-29(38)27(30(39)15-21)7-10-36(44,45)46)13-35(50)52-24-4-6-26(34(43)19-24)22-16-31(40)28(32(41)17-22)8-11-37(47,48)49/h3-6,14-20H,2,9,12-13H2,1H3. The Hall–Kier alpha value is -5.57. The van der Waals surface area contributed by atoms with Gasteiger partial charge in [0.15, 0.2) is 0 Å². The molecule has 272 valence electrons. The second kappa shape index (κ2) is 16.2. The Kier molecular flexibility index (Phi) is 12.2. The monoisotopic (exact) mass is 742 g/mol. The maximum Gasteiger partial charge on any atom is 0.458 e. The lowest BCUT2D eigenvalue weighted by molar-refractivity contribution is -0.135. The lowest BCUT2D eigenvalue weighted by Gasteiger charge is -2.15. The molecule has 0 amide bonds. The van der Waals surface area contributed by atoms with Gasteiger partial charge in [-0.1, -0.05) is 25.2 Å². The fraction of sp³-hybridized carbons (Fsp3) is 0.216. The van der Waals surface area contributed by atoms with Crippen LogP contribution in [0.2, 0.25) is 0 Å². The molecule has 52 heavy (non-hydrogen) atoms. The molecule has 0 aliphatic heterocycles. The van der Waals surface area contributed by atoms with Gasteiger partial charge in [0.05, 0.1) is 17.7 Å². The van der Waals surface area contributed by atoms with Crippen molar-refractivity contribution in [2.24, 2.45) is 5.92 Å². The highest BCUT2D eigenvalue weighted by Gasteiger charge is 2.25. The molecule has 1 atom stereocenters. The average Bonchev–Trinajstić information content (AvgIpc) is 3.02. The van der Waals surface area contributed by atoms with E-state index in [1.165, 1.54) is 17.9 Å². The summed E-state index contributed by atoms with van der Waals surface area (Å²) < 4.78 is 171. The van der Waals surface area contributed by atoms with Gasteiger partial charge in [0, 0.05) is 41.5 Å². The third kappa shape index (κ3) is 10.7. The predicted octanol–water partition coefficient (Wildman–Crippen LogP) is 10.5. The average molecular weight is 743 g/mol. The zero-order valence-electron chi connectivity index (χ0n) is 26.4. The van der Waals surface area contributed by atoms with Crippen LogP contribution in [0.5, 0.6) is 11.5 Å². The quantitative estimate of drug-likeness (QED) is 0.0703. The molecule has 0 radical (unpaired) electrons. The van der Waals surface area contributed by atoms with Crippen molar-refractivity contribution >= 4 is 5.97 Å². The summed E-state index contributed by atoms with van der Waals surface area (Å²) >= 11 is 0. The third-order valence-electron chi connectivity index (χ3n) is 7.31. The van der Waals surface area contributed by atoms with Crippen LogP contribution in [-0.2, 0) is 4.79 Å². The molecule has 0 saturated carbocycles. The molecule has 4 rings (SSSR count). The Bertz CT molecular complexity index is 2050. The van der Waals surface area contributed by atoms with Gasteiger partial charge in [0.2, 0.25) is 0 Å². The highest BCUT2D eigenvalue weighted by molar-refractivity contribution is 5.73. The first-order valence-corrected chi connectivity index (χ1v) is 14.9. The first-order valence-electron chi connectivity index (χ1n) is 14.9. The Labute approximate surface area is 288 Å². The van der Waals surface area contributed by atoms with Gasteiger partial charge >= 0.3 is 18.3 Å². The van der Waals surface area contributed by atoms with E-state index in [9.17, 15) is 57.5 Å². The molecule has 1 unspecified atom stereocenters. The summed E-state index contributed by atoms with van der Waals surface area (Å²) in [6, 6.07) is 8.83. The van der Waals surface area contributed by atoms with Crippen LogP contribution in [0, 0.1) is 64.5 Å². The summed E-state index contributed by atoms with van der Waals surface area (Å²) in [5, 5.41) is 0. The summed E-state index contributed by atoms with van der Waals surface area (Å²) in [5.41, 5.74) is -3.53. The van der Waals surface area contributed by atoms with Crippen molar-refractivity contribution in [2.75, 3.05) is 6.61 Å². The molecule has 0 N–H and O–H groups in total. The van der Waals surface area contributed by atoms with Gasteiger partial charge in [-0.3, -0.25) is 4.79 Å². The number of carbonyl (C=O) groups is 1. The molecule has 15 heteroatoms. The fourth-order valence-corrected chi connectivity index (χ4v) is 4.78. The molecular formula is C37H22F12O3. The van der Waals surface area contributed by atoms with Crippen LogP contribution in [0.25, 0.3) is 22.3 Å². The molecule has 0 heterocycles. The highest BCUT2D eigenvalue weighted by atomic mass is 19.4. The number of benzene rings is 4. The Balaban J connectivity index is 1.34. The van der Waals surface area contributed by atoms with Crippen LogP contribution < -0.4 is 9.47 Å². The van der Waals surface area contributed by atoms with Crippen LogP contribution >= 0.6 is 0 Å². The molecule has 0 fully saturated rings. The van der Waals surface area contributed by atoms with E-state index in [1.807, 2.05) is 0 Å². The van der Waals surface area contributed by atoms with Gasteiger partial charge in [-0.15, -0.1) is 0 Å². The maximum absolute atomic E-state index is 14.8. The Morgan fingerprint density at radius 1 is 0.635 bits per heavy atom. The zero-order valence-corrected chi connectivity index (χ0v) is 26.4. The zero-order chi connectivity index (χ0) is 38.4. The number of halogens is 12. The molecule has 0 aromatic heterocycles. The van der Waals surface area contributed by atoms with Gasteiger partial charge in [-0.2, -0.15) is 26.3 Å². The molecule has 4 aromatic carbocycles. The van der Waals surface area contributed by atoms with Crippen molar-refractivity contribution in [1.29, 1.82) is 0 Å². The number of carbonyl (C=O) groups excluding carboxylic acids is 1. The summed E-state index contributed by atoms with van der Waals surface area (Å²) in [4.78, 5) is 12.6. The second-order valence-electron chi connectivity index (χ2n) is 11.0. The second-order valence-corrected chi connectivity index (χ2v) is 11.0. The summed E-state index contributed by atoms with van der Waals surface area (Å²) in [5.74, 6) is -4.81. The minimum atomic E-state index is -4.99. The smallest absolute Gasteiger partial charge is 0.458 e. The van der Waals surface area contributed by atoms with E-state index in [0.717, 1.165) is 42.2 Å².